The van der Waals surface area contributed by atoms with Gasteiger partial charge in [-0.25, -0.2) is 0 Å². The van der Waals surface area contributed by atoms with Crippen molar-refractivity contribution in [2.24, 2.45) is 28.6 Å². The molecule has 0 bridgehead atoms. The van der Waals surface area contributed by atoms with Crippen LogP contribution in [0.5, 0.6) is 0 Å². The van der Waals surface area contributed by atoms with Crippen LogP contribution in [0.3, 0.4) is 0 Å². The van der Waals surface area contributed by atoms with Crippen molar-refractivity contribution >= 4 is 5.78 Å². The summed E-state index contributed by atoms with van der Waals surface area (Å²) in [6.45, 7) is 40.0. The summed E-state index contributed by atoms with van der Waals surface area (Å²) in [4.78, 5) is 12.6. The molecule has 1 heteroatoms. The van der Waals surface area contributed by atoms with Crippen LogP contribution in [0.25, 0.3) is 0 Å². The van der Waals surface area contributed by atoms with Gasteiger partial charge in [0.2, 0.25) is 0 Å². The highest BCUT2D eigenvalue weighted by Crippen LogP contribution is 2.60. The van der Waals surface area contributed by atoms with E-state index in [1.807, 2.05) is 27.7 Å². The van der Waals surface area contributed by atoms with Gasteiger partial charge in [0.05, 0.1) is 0 Å². The fourth-order valence-corrected chi connectivity index (χ4v) is 9.60. The Morgan fingerprint density at radius 1 is 0.979 bits per heavy atom. The lowest BCUT2D eigenvalue weighted by atomic mass is 9.50. The molecule has 2 aliphatic rings. The number of hydrogen-bond acceptors (Lipinski definition) is 1. The van der Waals surface area contributed by atoms with Crippen molar-refractivity contribution in [2.75, 3.05) is 0 Å². The molecule has 1 aromatic carbocycles. The minimum atomic E-state index is -0.0811. The fourth-order valence-electron chi connectivity index (χ4n) is 9.60. The average molecular weight is 657 g/mol. The summed E-state index contributed by atoms with van der Waals surface area (Å²) in [6, 6.07) is 11.3. The van der Waals surface area contributed by atoms with Crippen LogP contribution >= 0.6 is 0 Å². The third-order valence-electron chi connectivity index (χ3n) is 12.1. The van der Waals surface area contributed by atoms with E-state index in [9.17, 15) is 4.79 Å². The lowest BCUT2D eigenvalue weighted by Gasteiger charge is -2.54. The first kappa shape index (κ1) is 43.6. The van der Waals surface area contributed by atoms with Crippen LogP contribution in [0.15, 0.2) is 88.6 Å². The Hall–Kier alpha value is -2.41. The van der Waals surface area contributed by atoms with E-state index in [1.54, 1.807) is 6.92 Å². The molecular formula is C47H76O. The first-order valence-corrected chi connectivity index (χ1v) is 19.8. The van der Waals surface area contributed by atoms with Gasteiger partial charge in [-0.2, -0.15) is 0 Å². The topological polar surface area (TPSA) is 17.1 Å². The molecule has 0 N–H and O–H groups in total. The second-order valence-electron chi connectivity index (χ2n) is 15.0. The van der Waals surface area contributed by atoms with E-state index in [1.165, 1.54) is 65.5 Å². The van der Waals surface area contributed by atoms with Gasteiger partial charge in [-0.15, -0.1) is 0 Å². The van der Waals surface area contributed by atoms with E-state index in [2.05, 4.69) is 105 Å². The highest BCUT2D eigenvalue weighted by molar-refractivity contribution is 5.99. The standard InChI is InChI=1S/C43H64O.2C2H6/c1-13-20-37(21-14-2)39(38-22-18-17-19-23-38)26-36(15-3)32(8)40-29(5)24-35(25-30(40)6)28-42(11)27-31(7)41(34(10)44)33(9)43(42,12)16-4;2*1-2/h15,17-19,22-23,30,35,37,39H,5,9,13-14,16,20-21,24-28H2,1-4,6-8,10-12H3;2*1-2H3/b36-15-,40-32-;;/t30?,35?,39?,42-,43-;;/m0../s1. The number of Topliss-reactive ketones (excluding diaryl/α,β-unsaturated/α-hetero) is 1. The second kappa shape index (κ2) is 20.3. The molecule has 5 atom stereocenters. The summed E-state index contributed by atoms with van der Waals surface area (Å²) < 4.78 is 0. The van der Waals surface area contributed by atoms with Gasteiger partial charge in [-0.05, 0) is 129 Å². The van der Waals surface area contributed by atoms with Gasteiger partial charge < -0.3 is 0 Å². The predicted octanol–water partition coefficient (Wildman–Crippen LogP) is 15.0. The molecule has 0 aliphatic heterocycles. The van der Waals surface area contributed by atoms with Crippen LogP contribution < -0.4 is 0 Å². The Bertz CT molecular complexity index is 1280. The highest BCUT2D eigenvalue weighted by Gasteiger charge is 2.51. The van der Waals surface area contributed by atoms with Crippen LogP contribution in [-0.2, 0) is 4.79 Å². The van der Waals surface area contributed by atoms with Crippen molar-refractivity contribution in [3.05, 3.63) is 94.1 Å². The number of carbonyl (C=O) groups is 1. The third kappa shape index (κ3) is 9.85. The second-order valence-corrected chi connectivity index (χ2v) is 15.0. The maximum atomic E-state index is 12.6. The maximum absolute atomic E-state index is 12.6. The van der Waals surface area contributed by atoms with Crippen LogP contribution in [0.1, 0.15) is 173 Å². The molecule has 0 radical (unpaired) electrons. The van der Waals surface area contributed by atoms with Gasteiger partial charge in [-0.1, -0.05) is 156 Å². The molecule has 0 heterocycles. The molecule has 270 valence electrons. The first-order valence-electron chi connectivity index (χ1n) is 19.8. The van der Waals surface area contributed by atoms with Crippen LogP contribution in [0.2, 0.25) is 0 Å². The van der Waals surface area contributed by atoms with Crippen molar-refractivity contribution < 1.29 is 4.79 Å². The summed E-state index contributed by atoms with van der Waals surface area (Å²) >= 11 is 0. The van der Waals surface area contributed by atoms with Crippen molar-refractivity contribution in [1.29, 1.82) is 0 Å². The molecule has 1 aromatic rings. The summed E-state index contributed by atoms with van der Waals surface area (Å²) in [5, 5.41) is 0. The quantitative estimate of drug-likeness (QED) is 0.206. The van der Waals surface area contributed by atoms with E-state index in [4.69, 9.17) is 6.58 Å². The minimum Gasteiger partial charge on any atom is -0.295 e. The highest BCUT2D eigenvalue weighted by atomic mass is 16.1. The summed E-state index contributed by atoms with van der Waals surface area (Å²) in [6.07, 6.45) is 13.9. The SMILES string of the molecule is C=C1CC(C[C@]2(C)CC(C)=C(C(C)=O)C(=C)[C@]2(C)CC)CC(C)/C1=C(C)\C(=C/C)CC(c1ccccc1)C(CCC)CCC.CC.CC. The predicted molar refractivity (Wildman–Crippen MR) is 216 cm³/mol. The normalized spacial score (nSPS) is 26.4. The first-order chi connectivity index (χ1) is 22.8. The number of hydrogen-bond donors (Lipinski definition) is 0. The number of carbonyl (C=O) groups excluding carboxylic acids is 1. The molecule has 2 aliphatic carbocycles. The van der Waals surface area contributed by atoms with E-state index < -0.39 is 0 Å². The van der Waals surface area contributed by atoms with Gasteiger partial charge in [0.1, 0.15) is 0 Å². The average Bonchev–Trinajstić information content (AvgIpc) is 3.06. The van der Waals surface area contributed by atoms with Gasteiger partial charge in [-0.3, -0.25) is 4.79 Å². The zero-order valence-electron chi connectivity index (χ0n) is 34.2. The molecule has 0 spiro atoms. The molecule has 0 amide bonds. The van der Waals surface area contributed by atoms with E-state index in [0.29, 0.717) is 23.7 Å². The third-order valence-corrected chi connectivity index (χ3v) is 12.1. The fraction of sp³-hybridized carbons (Fsp3) is 0.638. The summed E-state index contributed by atoms with van der Waals surface area (Å²) in [5.41, 5.74) is 10.5. The largest absolute Gasteiger partial charge is 0.295 e. The lowest BCUT2D eigenvalue weighted by Crippen LogP contribution is -2.45. The monoisotopic (exact) mass is 657 g/mol. The number of rotatable bonds is 13. The Balaban J connectivity index is 0.00000277. The minimum absolute atomic E-state index is 0.0771. The molecule has 1 fully saturated rings. The molecule has 1 nitrogen and oxygen atoms in total. The van der Waals surface area contributed by atoms with Crippen molar-refractivity contribution in [3.63, 3.8) is 0 Å². The van der Waals surface area contributed by atoms with E-state index >= 15 is 0 Å². The lowest BCUT2D eigenvalue weighted by molar-refractivity contribution is -0.113. The summed E-state index contributed by atoms with van der Waals surface area (Å²) in [5.74, 6) is 2.50. The molecular weight excluding hydrogens is 581 g/mol. The smallest absolute Gasteiger partial charge is 0.160 e. The van der Waals surface area contributed by atoms with Crippen molar-refractivity contribution in [3.8, 4) is 0 Å². The maximum Gasteiger partial charge on any atom is 0.160 e. The zero-order valence-corrected chi connectivity index (χ0v) is 34.2. The Morgan fingerprint density at radius 2 is 1.54 bits per heavy atom. The number of allylic oxidation sites excluding steroid dienone is 8. The van der Waals surface area contributed by atoms with E-state index in [0.717, 1.165) is 43.3 Å². The number of benzene rings is 1. The Labute approximate surface area is 299 Å². The molecule has 3 rings (SSSR count). The molecule has 0 aromatic heterocycles. The Kier molecular flexibility index (Phi) is 18.5. The van der Waals surface area contributed by atoms with E-state index in [-0.39, 0.29) is 16.6 Å². The van der Waals surface area contributed by atoms with Gasteiger partial charge in [0.15, 0.2) is 5.78 Å². The zero-order chi connectivity index (χ0) is 36.8. The van der Waals surface area contributed by atoms with Gasteiger partial charge in [0.25, 0.3) is 0 Å². The van der Waals surface area contributed by atoms with Crippen LogP contribution in [0.4, 0.5) is 0 Å². The number of ketones is 1. The van der Waals surface area contributed by atoms with Crippen molar-refractivity contribution in [1.82, 2.24) is 0 Å². The summed E-state index contributed by atoms with van der Waals surface area (Å²) in [7, 11) is 0. The molecule has 0 saturated heterocycles. The van der Waals surface area contributed by atoms with Crippen LogP contribution in [-0.4, -0.2) is 5.78 Å². The Morgan fingerprint density at radius 3 is 2.00 bits per heavy atom. The molecule has 1 saturated carbocycles. The molecule has 3 unspecified atom stereocenters. The van der Waals surface area contributed by atoms with Crippen LogP contribution in [0, 0.1) is 28.6 Å². The van der Waals surface area contributed by atoms with Crippen molar-refractivity contribution in [2.45, 2.75) is 167 Å². The van der Waals surface area contributed by atoms with Gasteiger partial charge >= 0.3 is 0 Å². The molecule has 48 heavy (non-hydrogen) atoms. The van der Waals surface area contributed by atoms with Gasteiger partial charge in [0, 0.05) is 5.57 Å².